The molecule has 1 fully saturated rings. The van der Waals surface area contributed by atoms with Gasteiger partial charge >= 0.3 is 6.01 Å². The van der Waals surface area contributed by atoms with Crippen LogP contribution in [0.3, 0.4) is 0 Å². The van der Waals surface area contributed by atoms with Gasteiger partial charge in [0.25, 0.3) is 11.8 Å². The zero-order chi connectivity index (χ0) is 21.7. The van der Waals surface area contributed by atoms with Gasteiger partial charge in [0.1, 0.15) is 12.3 Å². The summed E-state index contributed by atoms with van der Waals surface area (Å²) in [4.78, 5) is 4.82. The number of nitrogens with one attached hydrogen (secondary N) is 1. The van der Waals surface area contributed by atoms with E-state index in [1.807, 2.05) is 13.0 Å². The van der Waals surface area contributed by atoms with Gasteiger partial charge in [-0.25, -0.2) is 13.8 Å². The minimum Gasteiger partial charge on any atom is -0.402 e. The smallest absolute Gasteiger partial charge is 0.316 e. The third-order valence-corrected chi connectivity index (χ3v) is 5.37. The molecule has 0 amide bonds. The lowest BCUT2D eigenvalue weighted by Crippen LogP contribution is -2.31. The van der Waals surface area contributed by atoms with Crippen LogP contribution in [0.15, 0.2) is 22.6 Å². The molecule has 2 heterocycles. The fourth-order valence-electron chi connectivity index (χ4n) is 3.51. The summed E-state index contributed by atoms with van der Waals surface area (Å²) in [6.45, 7) is 6.46. The van der Waals surface area contributed by atoms with Crippen LogP contribution in [-0.2, 0) is 5.41 Å². The number of fused-ring (bicyclic) bond motifs is 1. The molecule has 0 aliphatic heterocycles. The number of hydrogen-bond donors (Lipinski definition) is 2. The van der Waals surface area contributed by atoms with Crippen molar-refractivity contribution in [1.29, 1.82) is 0 Å². The lowest BCUT2D eigenvalue weighted by molar-refractivity contribution is -0.0376. The monoisotopic (exact) mass is 416 g/mol. The lowest BCUT2D eigenvalue weighted by atomic mass is 9.83. The number of hydrogen-bond acceptors (Lipinski definition) is 6. The van der Waals surface area contributed by atoms with Gasteiger partial charge in [-0.15, -0.1) is 5.10 Å². The maximum absolute atomic E-state index is 13.2. The lowest BCUT2D eigenvalue weighted by Gasteiger charge is -2.23. The number of aromatic nitrogens is 3. The average Bonchev–Trinajstić information content (AvgIpc) is 3.42. The van der Waals surface area contributed by atoms with E-state index in [1.54, 1.807) is 0 Å². The molecule has 2 aromatic heterocycles. The second-order valence-corrected chi connectivity index (χ2v) is 9.09. The molecule has 6 nitrogen and oxygen atoms in total. The van der Waals surface area contributed by atoms with Crippen molar-refractivity contribution in [3.8, 4) is 11.6 Å². The van der Waals surface area contributed by atoms with Gasteiger partial charge < -0.3 is 14.8 Å². The van der Waals surface area contributed by atoms with Crippen molar-refractivity contribution in [1.82, 2.24) is 15.2 Å². The van der Waals surface area contributed by atoms with Gasteiger partial charge in [-0.1, -0.05) is 31.9 Å². The summed E-state index contributed by atoms with van der Waals surface area (Å²) in [5.41, 5.74) is 4.85. The van der Waals surface area contributed by atoms with Gasteiger partial charge in [-0.3, -0.25) is 0 Å². The minimum atomic E-state index is -3.27. The number of anilines is 1. The predicted octanol–water partition coefficient (Wildman–Crippen LogP) is 4.81. The maximum Gasteiger partial charge on any atom is 0.316 e. The molecule has 1 aromatic carbocycles. The molecule has 0 atom stereocenters. The summed E-state index contributed by atoms with van der Waals surface area (Å²) in [5.74, 6) is -2.48. The van der Waals surface area contributed by atoms with Crippen LogP contribution in [0.5, 0.6) is 0 Å². The summed E-state index contributed by atoms with van der Waals surface area (Å²) in [7, 11) is 0. The SMILES string of the molecule is Cc1cc(-c2nnc(NCC(F)(F)CO)o2)nc2c(C(C)(C)C)cc(C3CC3)cc12. The van der Waals surface area contributed by atoms with Gasteiger partial charge in [-0.2, -0.15) is 0 Å². The highest BCUT2D eigenvalue weighted by Gasteiger charge is 2.29. The van der Waals surface area contributed by atoms with Crippen LogP contribution < -0.4 is 5.32 Å². The molecule has 3 aromatic rings. The molecule has 0 saturated heterocycles. The molecule has 30 heavy (non-hydrogen) atoms. The minimum absolute atomic E-state index is 0.0986. The molecule has 2 N–H and O–H groups in total. The highest BCUT2D eigenvalue weighted by atomic mass is 19.3. The third kappa shape index (κ3) is 4.14. The molecule has 0 bridgehead atoms. The van der Waals surface area contributed by atoms with E-state index in [0.29, 0.717) is 11.6 Å². The number of benzene rings is 1. The van der Waals surface area contributed by atoms with Crippen LogP contribution >= 0.6 is 0 Å². The second kappa shape index (κ2) is 7.27. The Morgan fingerprint density at radius 1 is 1.17 bits per heavy atom. The molecule has 4 rings (SSSR count). The van der Waals surface area contributed by atoms with Gasteiger partial charge in [0.15, 0.2) is 0 Å². The molecule has 160 valence electrons. The van der Waals surface area contributed by atoms with Crippen LogP contribution in [0, 0.1) is 6.92 Å². The van der Waals surface area contributed by atoms with Crippen molar-refractivity contribution in [3.05, 3.63) is 34.9 Å². The van der Waals surface area contributed by atoms with E-state index in [4.69, 9.17) is 14.5 Å². The van der Waals surface area contributed by atoms with E-state index in [1.165, 1.54) is 18.4 Å². The number of halogens is 2. The third-order valence-electron chi connectivity index (χ3n) is 5.37. The summed E-state index contributed by atoms with van der Waals surface area (Å²) >= 11 is 0. The first-order valence-corrected chi connectivity index (χ1v) is 10.1. The maximum atomic E-state index is 13.2. The Hall–Kier alpha value is -2.61. The zero-order valence-corrected chi connectivity index (χ0v) is 17.6. The molecule has 0 spiro atoms. The first-order valence-electron chi connectivity index (χ1n) is 10.1. The summed E-state index contributed by atoms with van der Waals surface area (Å²) in [5, 5.41) is 19.9. The normalized spacial score (nSPS) is 15.0. The Kier molecular flexibility index (Phi) is 5.00. The first-order chi connectivity index (χ1) is 14.1. The molecule has 0 radical (unpaired) electrons. The first kappa shape index (κ1) is 20.7. The Labute approximate surface area is 173 Å². The molecule has 0 unspecified atom stereocenters. The second-order valence-electron chi connectivity index (χ2n) is 9.09. The number of nitrogens with zero attached hydrogens (tertiary/aromatic N) is 3. The van der Waals surface area contributed by atoms with Gasteiger partial charge in [-0.05, 0) is 59.9 Å². The van der Waals surface area contributed by atoms with Gasteiger partial charge in [0, 0.05) is 5.39 Å². The Morgan fingerprint density at radius 2 is 1.90 bits per heavy atom. The molecule has 1 saturated carbocycles. The van der Waals surface area contributed by atoms with Crippen molar-refractivity contribution < 1.29 is 18.3 Å². The fraction of sp³-hybridized carbons (Fsp3) is 0.500. The molecular weight excluding hydrogens is 390 g/mol. The van der Waals surface area contributed by atoms with Crippen molar-refractivity contribution in [2.24, 2.45) is 0 Å². The molecular formula is C22H26F2N4O2. The number of aliphatic hydroxyl groups excluding tert-OH is 1. The Balaban J connectivity index is 1.73. The quantitative estimate of drug-likeness (QED) is 0.600. The van der Waals surface area contributed by atoms with E-state index < -0.39 is 19.1 Å². The average molecular weight is 416 g/mol. The summed E-state index contributed by atoms with van der Waals surface area (Å²) in [6.07, 6.45) is 2.46. The van der Waals surface area contributed by atoms with Crippen LogP contribution in [0.25, 0.3) is 22.5 Å². The zero-order valence-electron chi connectivity index (χ0n) is 17.6. The van der Waals surface area contributed by atoms with Crippen molar-refractivity contribution in [2.75, 3.05) is 18.5 Å². The number of rotatable bonds is 6. The van der Waals surface area contributed by atoms with Crippen LogP contribution in [0.4, 0.5) is 14.8 Å². The van der Waals surface area contributed by atoms with E-state index in [0.717, 1.165) is 22.0 Å². The summed E-state index contributed by atoms with van der Waals surface area (Å²) in [6, 6.07) is 6.23. The molecule has 1 aliphatic carbocycles. The van der Waals surface area contributed by atoms with Crippen LogP contribution in [0.2, 0.25) is 0 Å². The van der Waals surface area contributed by atoms with E-state index in [-0.39, 0.29) is 17.3 Å². The number of aryl methyl sites for hydroxylation is 1. The number of alkyl halides is 2. The van der Waals surface area contributed by atoms with Crippen molar-refractivity contribution in [2.45, 2.75) is 57.8 Å². The molecule has 8 heteroatoms. The molecule has 1 aliphatic rings. The predicted molar refractivity (Wildman–Crippen MR) is 111 cm³/mol. The highest BCUT2D eigenvalue weighted by Crippen LogP contribution is 2.44. The van der Waals surface area contributed by atoms with E-state index >= 15 is 0 Å². The van der Waals surface area contributed by atoms with Gasteiger partial charge in [0.05, 0.1) is 12.1 Å². The number of aliphatic hydroxyl groups is 1. The topological polar surface area (TPSA) is 84.1 Å². The Bertz CT molecular complexity index is 1080. The van der Waals surface area contributed by atoms with Crippen LogP contribution in [-0.4, -0.2) is 39.4 Å². The highest BCUT2D eigenvalue weighted by molar-refractivity contribution is 5.88. The summed E-state index contributed by atoms with van der Waals surface area (Å²) < 4.78 is 32.0. The Morgan fingerprint density at radius 3 is 2.53 bits per heavy atom. The standard InChI is InChI=1S/C22H26F2N4O2/c1-12-7-17(19-27-28-20(30-19)25-10-22(23,24)11-29)26-18-15(12)8-14(13-5-6-13)9-16(18)21(2,3)4/h7-9,13,29H,5-6,10-11H2,1-4H3,(H,25,28). The van der Waals surface area contributed by atoms with E-state index in [9.17, 15) is 8.78 Å². The van der Waals surface area contributed by atoms with Gasteiger partial charge in [0.2, 0.25) is 0 Å². The van der Waals surface area contributed by atoms with Crippen molar-refractivity contribution >= 4 is 16.9 Å². The number of pyridine rings is 1. The fourth-order valence-corrected chi connectivity index (χ4v) is 3.51. The van der Waals surface area contributed by atoms with E-state index in [2.05, 4.69) is 48.4 Å². The largest absolute Gasteiger partial charge is 0.402 e. The van der Waals surface area contributed by atoms with Crippen molar-refractivity contribution in [3.63, 3.8) is 0 Å². The van der Waals surface area contributed by atoms with Crippen LogP contribution in [0.1, 0.15) is 56.2 Å².